The van der Waals surface area contributed by atoms with Crippen LogP contribution in [-0.2, 0) is 30.2 Å². The number of benzene rings is 2. The third-order valence-electron chi connectivity index (χ3n) is 5.23. The van der Waals surface area contributed by atoms with Crippen LogP contribution in [0.25, 0.3) is 22.5 Å². The van der Waals surface area contributed by atoms with E-state index in [1.54, 1.807) is 19.4 Å². The Labute approximate surface area is 222 Å². The first-order chi connectivity index (χ1) is 16.1. The molecular formula is C30H42NO3W-. The molecule has 1 aromatic heterocycles. The van der Waals surface area contributed by atoms with Crippen LogP contribution < -0.4 is 4.98 Å². The maximum absolute atomic E-state index is 10.8. The van der Waals surface area contributed by atoms with Crippen LogP contribution >= 0.6 is 0 Å². The summed E-state index contributed by atoms with van der Waals surface area (Å²) in [6.07, 6.45) is 0. The fourth-order valence-electron chi connectivity index (χ4n) is 3.37. The Morgan fingerprint density at radius 3 is 1.20 bits per heavy atom. The van der Waals surface area contributed by atoms with Crippen molar-refractivity contribution >= 4 is 4.40 Å². The number of para-hydroxylation sites is 2. The third-order valence-corrected chi connectivity index (χ3v) is 7.77. The van der Waals surface area contributed by atoms with Gasteiger partial charge in [-0.3, -0.25) is 0 Å². The van der Waals surface area contributed by atoms with Gasteiger partial charge in [0.1, 0.15) is 11.5 Å². The van der Waals surface area contributed by atoms with Crippen LogP contribution in [0.4, 0.5) is 0 Å². The molecule has 0 atom stereocenters. The number of phenolic OH excluding ortho intramolecular Hbond substituents is 2. The van der Waals surface area contributed by atoms with Crippen molar-refractivity contribution in [3.63, 3.8) is 0 Å². The Morgan fingerprint density at radius 2 is 0.943 bits per heavy atom. The number of rotatable bonds is 2. The van der Waals surface area contributed by atoms with E-state index in [0.29, 0.717) is 27.9 Å². The number of phenols is 2. The summed E-state index contributed by atoms with van der Waals surface area (Å²) in [5.41, 5.74) is 4.74. The van der Waals surface area contributed by atoms with Crippen molar-refractivity contribution in [1.82, 2.24) is 4.98 Å². The van der Waals surface area contributed by atoms with E-state index >= 15 is 0 Å². The number of aliphatic hydroxyl groups is 1. The van der Waals surface area contributed by atoms with Gasteiger partial charge in [0.05, 0.1) is 0 Å². The number of hydrogen-bond donors (Lipinski definition) is 3. The molecule has 0 bridgehead atoms. The molecule has 0 fully saturated rings. The van der Waals surface area contributed by atoms with Crippen molar-refractivity contribution in [2.75, 3.05) is 7.11 Å². The van der Waals surface area contributed by atoms with Crippen LogP contribution in [0.5, 0.6) is 11.5 Å². The van der Waals surface area contributed by atoms with Crippen molar-refractivity contribution < 1.29 is 34.7 Å². The second-order valence-electron chi connectivity index (χ2n) is 11.6. The number of nitrogens with zero attached hydrogens (tertiary/aromatic N) is 1. The minimum Gasteiger partial charge on any atom is -0.657 e. The first-order valence-corrected chi connectivity index (χ1v) is 13.5. The summed E-state index contributed by atoms with van der Waals surface area (Å²) < 4.78 is 2.27. The zero-order valence-electron chi connectivity index (χ0n) is 22.9. The monoisotopic (exact) mass is 648 g/mol. The van der Waals surface area contributed by atoms with Crippen LogP contribution in [0, 0.1) is 5.41 Å². The predicted octanol–water partition coefficient (Wildman–Crippen LogP) is 6.97. The van der Waals surface area contributed by atoms with Crippen molar-refractivity contribution in [3.05, 3.63) is 59.7 Å². The molecule has 35 heavy (non-hydrogen) atoms. The fourth-order valence-corrected chi connectivity index (χ4v) is 3.37. The maximum atomic E-state index is 10.8. The van der Waals surface area contributed by atoms with Gasteiger partial charge in [-0.25, -0.2) is 0 Å². The summed E-state index contributed by atoms with van der Waals surface area (Å²) in [6.45, 7) is 19.1. The average molecular weight is 649 g/mol. The molecule has 0 radical (unpaired) electrons. The number of aromatic nitrogens is 1. The van der Waals surface area contributed by atoms with Gasteiger partial charge in [0.15, 0.2) is 0 Å². The second-order valence-corrected chi connectivity index (χ2v) is 12.4. The van der Waals surface area contributed by atoms with E-state index in [9.17, 15) is 10.2 Å². The summed E-state index contributed by atoms with van der Waals surface area (Å²) >= 11 is 1.57. The Hall–Kier alpha value is -2.16. The molecule has 2 aromatic carbocycles. The van der Waals surface area contributed by atoms with Gasteiger partial charge in [-0.05, 0) is 22.0 Å². The van der Waals surface area contributed by atoms with Crippen molar-refractivity contribution in [2.24, 2.45) is 5.41 Å². The molecule has 1 heterocycles. The molecule has 0 saturated carbocycles. The number of aliphatic hydroxyl groups excluding tert-OH is 1. The first-order valence-electron chi connectivity index (χ1n) is 11.8. The summed E-state index contributed by atoms with van der Waals surface area (Å²) in [7, 11) is 1.00. The van der Waals surface area contributed by atoms with Crippen LogP contribution in [0.3, 0.4) is 0 Å². The molecule has 0 aliphatic carbocycles. The minimum absolute atomic E-state index is 0.158. The Bertz CT molecular complexity index is 1030. The molecule has 0 aliphatic heterocycles. The SMILES string of the molecule is CC(C)(C)[CH]=[W].CC(C)(C)c1cccc(-c2ccc(-c3cccc(C(C)(C)C)c3O)[n-]2)c1O.CO. The normalized spacial score (nSPS) is 11.6. The molecule has 3 rings (SSSR count). The molecule has 5 heteroatoms. The van der Waals surface area contributed by atoms with E-state index in [2.05, 4.69) is 66.7 Å². The van der Waals surface area contributed by atoms with Crippen molar-refractivity contribution in [1.29, 1.82) is 0 Å². The third kappa shape index (κ3) is 8.47. The van der Waals surface area contributed by atoms with E-state index in [0.717, 1.165) is 18.2 Å². The van der Waals surface area contributed by atoms with E-state index in [1.807, 2.05) is 48.5 Å². The second kappa shape index (κ2) is 12.2. The fraction of sp³-hybridized carbons (Fsp3) is 0.433. The van der Waals surface area contributed by atoms with Gasteiger partial charge >= 0.3 is 49.9 Å². The average Bonchev–Trinajstić information content (AvgIpc) is 3.23. The number of hydrogen-bond acceptors (Lipinski definition) is 3. The summed E-state index contributed by atoms with van der Waals surface area (Å²) in [4.78, 5) is 4.70. The molecule has 0 unspecified atom stereocenters. The largest absolute Gasteiger partial charge is 0.657 e. The Kier molecular flexibility index (Phi) is 10.8. The van der Waals surface area contributed by atoms with Gasteiger partial charge < -0.3 is 20.3 Å². The molecule has 0 aliphatic rings. The zero-order chi connectivity index (χ0) is 27.2. The van der Waals surface area contributed by atoms with Crippen molar-refractivity contribution in [2.45, 2.75) is 73.1 Å². The predicted molar refractivity (Wildman–Crippen MR) is 145 cm³/mol. The van der Waals surface area contributed by atoms with E-state index in [4.69, 9.17) is 10.1 Å². The quantitative estimate of drug-likeness (QED) is 0.281. The van der Waals surface area contributed by atoms with E-state index < -0.39 is 0 Å². The Morgan fingerprint density at radius 1 is 0.629 bits per heavy atom. The minimum atomic E-state index is -0.158. The number of aromatic hydroxyl groups is 2. The van der Waals surface area contributed by atoms with Crippen LogP contribution in [-0.4, -0.2) is 26.8 Å². The standard InChI is InChI=1S/C24H28NO2.C5H10.CH4O.W/c1-23(2,3)17-11-7-9-15(21(17)26)19-13-14-20(25-19)16-10-8-12-18(22(16)27)24(4,5)6;1-5(2,3)4;1-2;/h7-14,26-27H,1-6H3;1H,2-4H3;2H,1H3;/q-1;;;. The van der Waals surface area contributed by atoms with Crippen LogP contribution in [0.2, 0.25) is 0 Å². The van der Waals surface area contributed by atoms with Crippen molar-refractivity contribution in [3.8, 4) is 34.0 Å². The zero-order valence-corrected chi connectivity index (χ0v) is 25.8. The Balaban J connectivity index is 0.000000670. The first kappa shape index (κ1) is 30.9. The summed E-state index contributed by atoms with van der Waals surface area (Å²) in [6, 6.07) is 15.3. The van der Waals surface area contributed by atoms with Gasteiger partial charge in [-0.2, -0.15) is 0 Å². The molecule has 3 aromatic rings. The molecule has 0 saturated heterocycles. The topological polar surface area (TPSA) is 74.8 Å². The van der Waals surface area contributed by atoms with Gasteiger partial charge in [-0.15, -0.1) is 11.4 Å². The van der Waals surface area contributed by atoms with E-state index in [-0.39, 0.29) is 22.3 Å². The molecule has 0 spiro atoms. The molecule has 3 N–H and O–H groups in total. The molecular weight excluding hydrogens is 606 g/mol. The van der Waals surface area contributed by atoms with Gasteiger partial charge in [-0.1, -0.05) is 90.1 Å². The van der Waals surface area contributed by atoms with Gasteiger partial charge in [0.25, 0.3) is 0 Å². The molecule has 192 valence electrons. The maximum Gasteiger partial charge on any atom is 0.125 e. The van der Waals surface area contributed by atoms with E-state index in [1.165, 1.54) is 0 Å². The van der Waals surface area contributed by atoms with Crippen LogP contribution in [0.1, 0.15) is 73.4 Å². The molecule has 0 amide bonds. The van der Waals surface area contributed by atoms with Gasteiger partial charge in [0.2, 0.25) is 0 Å². The smallest absolute Gasteiger partial charge is 0.125 e. The van der Waals surface area contributed by atoms with Crippen LogP contribution in [0.15, 0.2) is 48.5 Å². The summed E-state index contributed by atoms with van der Waals surface area (Å²) in [5.74, 6) is 0.532. The van der Waals surface area contributed by atoms with Gasteiger partial charge in [0, 0.05) is 18.2 Å². The summed E-state index contributed by atoms with van der Waals surface area (Å²) in [5, 5.41) is 28.5. The molecule has 4 nitrogen and oxygen atoms in total.